The summed E-state index contributed by atoms with van der Waals surface area (Å²) in [6, 6.07) is 0.850. The molecule has 98 valence electrons. The second kappa shape index (κ2) is 5.27. The minimum atomic E-state index is 0.850. The van der Waals surface area contributed by atoms with Crippen molar-refractivity contribution in [2.24, 2.45) is 17.8 Å². The van der Waals surface area contributed by atoms with Gasteiger partial charge in [0.15, 0.2) is 0 Å². The predicted molar refractivity (Wildman–Crippen MR) is 72.1 cm³/mol. The quantitative estimate of drug-likeness (QED) is 0.792. The highest BCUT2D eigenvalue weighted by molar-refractivity contribution is 4.92. The lowest BCUT2D eigenvalue weighted by Crippen LogP contribution is -2.49. The first kappa shape index (κ1) is 12.0. The Labute approximate surface area is 106 Å². The maximum absolute atomic E-state index is 3.60. The number of piperidine rings is 1. The van der Waals surface area contributed by atoms with E-state index in [4.69, 9.17) is 0 Å². The Morgan fingerprint density at radius 3 is 2.71 bits per heavy atom. The fourth-order valence-electron chi connectivity index (χ4n) is 4.49. The Bertz CT molecular complexity index is 253. The molecule has 2 nitrogen and oxygen atoms in total. The number of rotatable bonds is 2. The molecule has 1 aliphatic carbocycles. The van der Waals surface area contributed by atoms with Gasteiger partial charge in [0.05, 0.1) is 0 Å². The minimum Gasteiger partial charge on any atom is -0.315 e. The lowest BCUT2D eigenvalue weighted by Gasteiger charge is -2.44. The van der Waals surface area contributed by atoms with E-state index in [2.05, 4.69) is 17.1 Å². The van der Waals surface area contributed by atoms with Gasteiger partial charge in [-0.05, 0) is 43.7 Å². The van der Waals surface area contributed by atoms with Crippen LogP contribution in [0.15, 0.2) is 0 Å². The first-order chi connectivity index (χ1) is 8.38. The van der Waals surface area contributed by atoms with Crippen molar-refractivity contribution in [2.45, 2.75) is 51.5 Å². The van der Waals surface area contributed by atoms with E-state index in [9.17, 15) is 0 Å². The third-order valence-electron chi connectivity index (χ3n) is 5.62. The van der Waals surface area contributed by atoms with E-state index in [1.165, 1.54) is 64.7 Å². The molecule has 2 heterocycles. The fraction of sp³-hybridized carbons (Fsp3) is 1.00. The van der Waals surface area contributed by atoms with E-state index in [-0.39, 0.29) is 0 Å². The van der Waals surface area contributed by atoms with Crippen LogP contribution in [-0.2, 0) is 0 Å². The normalized spacial score (nSPS) is 43.6. The van der Waals surface area contributed by atoms with Gasteiger partial charge in [-0.3, -0.25) is 4.90 Å². The molecule has 0 aromatic rings. The SMILES string of the molecule is CCC1CNCC1N1CCC2CCCCC2C1. The largest absolute Gasteiger partial charge is 0.315 e. The van der Waals surface area contributed by atoms with Crippen LogP contribution >= 0.6 is 0 Å². The van der Waals surface area contributed by atoms with Crippen LogP contribution < -0.4 is 5.32 Å². The van der Waals surface area contributed by atoms with Crippen molar-refractivity contribution in [1.82, 2.24) is 10.2 Å². The van der Waals surface area contributed by atoms with Crippen LogP contribution in [0.3, 0.4) is 0 Å². The molecular formula is C15H28N2. The summed E-state index contributed by atoms with van der Waals surface area (Å²) in [6.07, 6.45) is 8.87. The number of likely N-dealkylation sites (tertiary alicyclic amines) is 1. The summed E-state index contributed by atoms with van der Waals surface area (Å²) < 4.78 is 0. The molecule has 4 unspecified atom stereocenters. The second-order valence-corrected chi connectivity index (χ2v) is 6.48. The summed E-state index contributed by atoms with van der Waals surface area (Å²) in [5.41, 5.74) is 0. The van der Waals surface area contributed by atoms with E-state index in [1.807, 2.05) is 0 Å². The van der Waals surface area contributed by atoms with E-state index in [1.54, 1.807) is 0 Å². The molecule has 2 heteroatoms. The van der Waals surface area contributed by atoms with Gasteiger partial charge in [-0.1, -0.05) is 32.6 Å². The molecular weight excluding hydrogens is 208 g/mol. The molecule has 4 atom stereocenters. The Morgan fingerprint density at radius 2 is 1.88 bits per heavy atom. The molecule has 0 radical (unpaired) electrons. The van der Waals surface area contributed by atoms with Crippen LogP contribution in [0.25, 0.3) is 0 Å². The molecule has 3 aliphatic rings. The van der Waals surface area contributed by atoms with Crippen LogP contribution in [0.5, 0.6) is 0 Å². The highest BCUT2D eigenvalue weighted by atomic mass is 15.2. The van der Waals surface area contributed by atoms with Gasteiger partial charge in [0.1, 0.15) is 0 Å². The maximum atomic E-state index is 3.60. The maximum Gasteiger partial charge on any atom is 0.0260 e. The highest BCUT2D eigenvalue weighted by Crippen LogP contribution is 2.37. The molecule has 0 spiro atoms. The van der Waals surface area contributed by atoms with Crippen molar-refractivity contribution >= 4 is 0 Å². The predicted octanol–water partition coefficient (Wildman–Crippen LogP) is 2.50. The number of nitrogens with zero attached hydrogens (tertiary/aromatic N) is 1. The second-order valence-electron chi connectivity index (χ2n) is 6.48. The molecule has 1 N–H and O–H groups in total. The van der Waals surface area contributed by atoms with E-state index in [0.717, 1.165) is 23.8 Å². The molecule has 3 fully saturated rings. The molecule has 2 aliphatic heterocycles. The van der Waals surface area contributed by atoms with Gasteiger partial charge in [-0.25, -0.2) is 0 Å². The smallest absolute Gasteiger partial charge is 0.0260 e. The van der Waals surface area contributed by atoms with E-state index < -0.39 is 0 Å². The summed E-state index contributed by atoms with van der Waals surface area (Å²) >= 11 is 0. The Hall–Kier alpha value is -0.0800. The lowest BCUT2D eigenvalue weighted by atomic mass is 9.74. The highest BCUT2D eigenvalue weighted by Gasteiger charge is 2.37. The van der Waals surface area contributed by atoms with Gasteiger partial charge in [0, 0.05) is 19.1 Å². The Morgan fingerprint density at radius 1 is 1.06 bits per heavy atom. The molecule has 17 heavy (non-hydrogen) atoms. The van der Waals surface area contributed by atoms with Crippen molar-refractivity contribution in [2.75, 3.05) is 26.2 Å². The zero-order valence-electron chi connectivity index (χ0n) is 11.3. The fourth-order valence-corrected chi connectivity index (χ4v) is 4.49. The van der Waals surface area contributed by atoms with Gasteiger partial charge in [0.25, 0.3) is 0 Å². The van der Waals surface area contributed by atoms with Crippen LogP contribution in [0, 0.1) is 17.8 Å². The number of hydrogen-bond donors (Lipinski definition) is 1. The van der Waals surface area contributed by atoms with Crippen LogP contribution in [0.2, 0.25) is 0 Å². The van der Waals surface area contributed by atoms with Gasteiger partial charge >= 0.3 is 0 Å². The van der Waals surface area contributed by atoms with Crippen LogP contribution in [0.4, 0.5) is 0 Å². The van der Waals surface area contributed by atoms with Crippen molar-refractivity contribution < 1.29 is 0 Å². The zero-order valence-corrected chi connectivity index (χ0v) is 11.3. The average molecular weight is 236 g/mol. The zero-order chi connectivity index (χ0) is 11.7. The van der Waals surface area contributed by atoms with E-state index >= 15 is 0 Å². The third kappa shape index (κ3) is 2.39. The van der Waals surface area contributed by atoms with E-state index in [0.29, 0.717) is 0 Å². The molecule has 0 amide bonds. The summed E-state index contributed by atoms with van der Waals surface area (Å²) in [5, 5.41) is 3.60. The molecule has 2 saturated heterocycles. The molecule has 1 saturated carbocycles. The summed E-state index contributed by atoms with van der Waals surface area (Å²) in [6.45, 7) is 7.65. The Balaban J connectivity index is 1.61. The van der Waals surface area contributed by atoms with Gasteiger partial charge in [0.2, 0.25) is 0 Å². The monoisotopic (exact) mass is 236 g/mol. The van der Waals surface area contributed by atoms with Crippen LogP contribution in [0.1, 0.15) is 45.4 Å². The van der Waals surface area contributed by atoms with Crippen molar-refractivity contribution in [1.29, 1.82) is 0 Å². The third-order valence-corrected chi connectivity index (χ3v) is 5.62. The van der Waals surface area contributed by atoms with Crippen molar-refractivity contribution in [3.8, 4) is 0 Å². The molecule has 0 aromatic carbocycles. The first-order valence-electron chi connectivity index (χ1n) is 7.83. The molecule has 3 rings (SSSR count). The standard InChI is InChI=1S/C15H28N2/c1-2-12-9-16-10-15(12)17-8-7-13-5-3-4-6-14(13)11-17/h12-16H,2-11H2,1H3. The number of hydrogen-bond acceptors (Lipinski definition) is 2. The molecule has 0 aromatic heterocycles. The van der Waals surface area contributed by atoms with Gasteiger partial charge in [-0.2, -0.15) is 0 Å². The summed E-state index contributed by atoms with van der Waals surface area (Å²) in [4.78, 5) is 2.83. The van der Waals surface area contributed by atoms with Crippen molar-refractivity contribution in [3.05, 3.63) is 0 Å². The summed E-state index contributed by atoms with van der Waals surface area (Å²) in [7, 11) is 0. The summed E-state index contributed by atoms with van der Waals surface area (Å²) in [5.74, 6) is 3.03. The van der Waals surface area contributed by atoms with Gasteiger partial charge < -0.3 is 5.32 Å². The average Bonchev–Trinajstić information content (AvgIpc) is 2.86. The first-order valence-corrected chi connectivity index (χ1v) is 7.83. The number of fused-ring (bicyclic) bond motifs is 1. The van der Waals surface area contributed by atoms with Gasteiger partial charge in [-0.15, -0.1) is 0 Å². The topological polar surface area (TPSA) is 15.3 Å². The van der Waals surface area contributed by atoms with Crippen molar-refractivity contribution in [3.63, 3.8) is 0 Å². The number of nitrogens with one attached hydrogen (secondary N) is 1. The Kier molecular flexibility index (Phi) is 3.72. The van der Waals surface area contributed by atoms with Crippen LogP contribution in [-0.4, -0.2) is 37.1 Å². The lowest BCUT2D eigenvalue weighted by molar-refractivity contribution is 0.0485. The molecule has 0 bridgehead atoms. The minimum absolute atomic E-state index is 0.850.